The van der Waals surface area contributed by atoms with Gasteiger partial charge in [-0.3, -0.25) is 4.79 Å². The predicted octanol–water partition coefficient (Wildman–Crippen LogP) is 0.760. The molecule has 1 amide bonds. The molecule has 0 aliphatic rings. The van der Waals surface area contributed by atoms with Crippen LogP contribution in [0.2, 0.25) is 0 Å². The average Bonchev–Trinajstić information content (AvgIpc) is 2.51. The lowest BCUT2D eigenvalue weighted by Crippen LogP contribution is -2.21. The topological polar surface area (TPSA) is 137 Å². The molecular formula is C15H22Cl2N2O5S2. The molecule has 148 valence electrons. The molecular weight excluding hydrogens is 423 g/mol. The Balaban J connectivity index is 3.23. The van der Waals surface area contributed by atoms with E-state index in [0.29, 0.717) is 11.1 Å². The molecule has 11 heteroatoms. The fourth-order valence-corrected chi connectivity index (χ4v) is 5.80. The minimum atomic E-state index is -3.41. The second-order valence-electron chi connectivity index (χ2n) is 5.71. The Kier molecular flexibility index (Phi) is 8.65. The molecule has 7 nitrogen and oxygen atoms in total. The number of carbonyl (C=O) groups excluding carboxylic acids is 1. The van der Waals surface area contributed by atoms with Gasteiger partial charge in [0.1, 0.15) is 0 Å². The van der Waals surface area contributed by atoms with Crippen molar-refractivity contribution in [3.8, 4) is 0 Å². The molecule has 26 heavy (non-hydrogen) atoms. The third-order valence-electron chi connectivity index (χ3n) is 3.84. The summed E-state index contributed by atoms with van der Waals surface area (Å²) in [6.45, 7) is 0. The highest BCUT2D eigenvalue weighted by atomic mass is 35.5. The maximum Gasteiger partial charge on any atom is 0.248 e. The van der Waals surface area contributed by atoms with Gasteiger partial charge in [-0.1, -0.05) is 0 Å². The molecule has 0 bridgehead atoms. The zero-order valence-electron chi connectivity index (χ0n) is 14.1. The van der Waals surface area contributed by atoms with Gasteiger partial charge in [0.2, 0.25) is 5.91 Å². The number of hydrogen-bond acceptors (Lipinski definition) is 6. The highest BCUT2D eigenvalue weighted by molar-refractivity contribution is 7.91. The van der Waals surface area contributed by atoms with E-state index in [2.05, 4.69) is 0 Å². The third-order valence-corrected chi connectivity index (χ3v) is 7.97. The van der Waals surface area contributed by atoms with Gasteiger partial charge < -0.3 is 11.5 Å². The van der Waals surface area contributed by atoms with Crippen LogP contribution in [0.5, 0.6) is 0 Å². The van der Waals surface area contributed by atoms with E-state index < -0.39 is 25.6 Å². The van der Waals surface area contributed by atoms with E-state index >= 15 is 0 Å². The molecule has 0 aromatic heterocycles. The summed E-state index contributed by atoms with van der Waals surface area (Å²) in [5.74, 6) is -1.63. The van der Waals surface area contributed by atoms with Crippen LogP contribution in [0.1, 0.15) is 21.5 Å². The lowest BCUT2D eigenvalue weighted by Gasteiger charge is -2.16. The van der Waals surface area contributed by atoms with Gasteiger partial charge in [0.25, 0.3) is 0 Å². The largest absolute Gasteiger partial charge is 0.398 e. The summed E-state index contributed by atoms with van der Waals surface area (Å²) in [6, 6.07) is 2.87. The molecule has 0 spiro atoms. The van der Waals surface area contributed by atoms with E-state index in [4.69, 9.17) is 34.7 Å². The molecule has 1 aromatic rings. The van der Waals surface area contributed by atoms with Crippen molar-refractivity contribution in [3.05, 3.63) is 28.8 Å². The summed E-state index contributed by atoms with van der Waals surface area (Å²) in [6.07, 6.45) is 0.0322. The van der Waals surface area contributed by atoms with E-state index in [1.54, 1.807) is 0 Å². The van der Waals surface area contributed by atoms with Crippen LogP contribution in [-0.2, 0) is 32.5 Å². The third kappa shape index (κ3) is 6.94. The molecule has 0 radical (unpaired) electrons. The summed E-state index contributed by atoms with van der Waals surface area (Å²) < 4.78 is 47.7. The van der Waals surface area contributed by atoms with E-state index in [1.807, 2.05) is 0 Å². The molecule has 4 N–H and O–H groups in total. The number of anilines is 1. The predicted molar refractivity (Wildman–Crippen MR) is 106 cm³/mol. The Bertz CT molecular complexity index is 855. The Morgan fingerprint density at radius 1 is 0.846 bits per heavy atom. The van der Waals surface area contributed by atoms with Crippen LogP contribution in [0.4, 0.5) is 5.69 Å². The molecule has 0 saturated heterocycles. The molecule has 0 aliphatic carbocycles. The zero-order chi connectivity index (χ0) is 20.0. The molecule has 0 unspecified atom stereocenters. The second-order valence-corrected chi connectivity index (χ2v) is 11.1. The monoisotopic (exact) mass is 444 g/mol. The van der Waals surface area contributed by atoms with Crippen LogP contribution in [0.15, 0.2) is 12.1 Å². The number of halogens is 2. The smallest absolute Gasteiger partial charge is 0.248 e. The standard InChI is InChI=1S/C15H22Cl2N2O5S2/c16-5-9-25(21,22)7-3-11-12(4-8-26(23,24)10-6-17)14(18)2-1-13(11)15(19)20/h1-2H,3-10,18H2,(H2,19,20). The van der Waals surface area contributed by atoms with Gasteiger partial charge >= 0.3 is 0 Å². The minimum absolute atomic E-state index is 0.00653. The number of hydrogen-bond donors (Lipinski definition) is 2. The highest BCUT2D eigenvalue weighted by Crippen LogP contribution is 2.24. The van der Waals surface area contributed by atoms with Gasteiger partial charge in [-0.15, -0.1) is 23.2 Å². The molecule has 0 saturated carbocycles. The van der Waals surface area contributed by atoms with Crippen LogP contribution in [-0.4, -0.2) is 57.5 Å². The first-order valence-corrected chi connectivity index (χ1v) is 12.5. The van der Waals surface area contributed by atoms with Crippen molar-refractivity contribution >= 4 is 54.5 Å². The van der Waals surface area contributed by atoms with Crippen molar-refractivity contribution in [1.29, 1.82) is 0 Å². The van der Waals surface area contributed by atoms with Crippen molar-refractivity contribution in [3.63, 3.8) is 0 Å². The molecule has 1 rings (SSSR count). The Morgan fingerprint density at radius 2 is 1.31 bits per heavy atom. The number of benzene rings is 1. The van der Waals surface area contributed by atoms with Gasteiger partial charge in [-0.25, -0.2) is 16.8 Å². The first-order valence-electron chi connectivity index (χ1n) is 7.76. The molecule has 0 heterocycles. The van der Waals surface area contributed by atoms with Crippen molar-refractivity contribution < 1.29 is 21.6 Å². The highest BCUT2D eigenvalue weighted by Gasteiger charge is 2.20. The van der Waals surface area contributed by atoms with Crippen molar-refractivity contribution in [1.82, 2.24) is 0 Å². The Hall–Kier alpha value is -1.03. The number of carbonyl (C=O) groups is 1. The quantitative estimate of drug-likeness (QED) is 0.381. The summed E-state index contributed by atoms with van der Waals surface area (Å²) >= 11 is 11.0. The lowest BCUT2D eigenvalue weighted by molar-refractivity contribution is 0.0999. The molecule has 1 aromatic carbocycles. The van der Waals surface area contributed by atoms with Gasteiger partial charge in [0.05, 0.1) is 23.0 Å². The summed E-state index contributed by atoms with van der Waals surface area (Å²) in [5, 5.41) is 0. The lowest BCUT2D eigenvalue weighted by atomic mass is 9.95. The number of primary amides is 1. The number of rotatable bonds is 11. The van der Waals surface area contributed by atoms with Crippen LogP contribution in [0, 0.1) is 0 Å². The number of amides is 1. The maximum atomic E-state index is 11.9. The Labute approximate surface area is 163 Å². The SMILES string of the molecule is NC(=O)c1ccc(N)c(CCS(=O)(=O)CCCl)c1CCS(=O)(=O)CCCl. The summed E-state index contributed by atoms with van der Waals surface area (Å²) in [5.41, 5.74) is 12.5. The Morgan fingerprint density at radius 3 is 1.73 bits per heavy atom. The first kappa shape index (κ1) is 23.0. The number of nitrogens with two attached hydrogens (primary N) is 2. The van der Waals surface area contributed by atoms with Crippen molar-refractivity contribution in [2.45, 2.75) is 12.8 Å². The number of sulfone groups is 2. The first-order chi connectivity index (χ1) is 12.0. The van der Waals surface area contributed by atoms with Crippen LogP contribution in [0.25, 0.3) is 0 Å². The molecule has 0 fully saturated rings. The van der Waals surface area contributed by atoms with E-state index in [9.17, 15) is 21.6 Å². The zero-order valence-corrected chi connectivity index (χ0v) is 17.2. The van der Waals surface area contributed by atoms with Crippen molar-refractivity contribution in [2.75, 3.05) is 40.5 Å². The maximum absolute atomic E-state index is 11.9. The van der Waals surface area contributed by atoms with Gasteiger partial charge in [-0.2, -0.15) is 0 Å². The van der Waals surface area contributed by atoms with Crippen molar-refractivity contribution in [2.24, 2.45) is 5.73 Å². The average molecular weight is 445 g/mol. The minimum Gasteiger partial charge on any atom is -0.398 e. The van der Waals surface area contributed by atoms with Gasteiger partial charge in [0.15, 0.2) is 19.7 Å². The van der Waals surface area contributed by atoms with Crippen LogP contribution in [0.3, 0.4) is 0 Å². The fraction of sp³-hybridized carbons (Fsp3) is 0.533. The molecule has 0 atom stereocenters. The number of nitrogen functional groups attached to an aromatic ring is 1. The van der Waals surface area contributed by atoms with E-state index in [1.165, 1.54) is 12.1 Å². The molecule has 0 aliphatic heterocycles. The second kappa shape index (κ2) is 9.77. The number of alkyl halides is 2. The fourth-order valence-electron chi connectivity index (χ4n) is 2.48. The summed E-state index contributed by atoms with van der Waals surface area (Å²) in [7, 11) is -6.80. The normalized spacial score (nSPS) is 12.2. The van der Waals surface area contributed by atoms with Crippen LogP contribution < -0.4 is 11.5 Å². The van der Waals surface area contributed by atoms with Crippen LogP contribution >= 0.6 is 23.2 Å². The van der Waals surface area contributed by atoms with Gasteiger partial charge in [0, 0.05) is 23.0 Å². The summed E-state index contributed by atoms with van der Waals surface area (Å²) in [4.78, 5) is 11.7. The van der Waals surface area contributed by atoms with Gasteiger partial charge in [-0.05, 0) is 36.1 Å². The van der Waals surface area contributed by atoms with E-state index in [-0.39, 0.29) is 58.9 Å². The van der Waals surface area contributed by atoms with E-state index in [0.717, 1.165) is 0 Å².